The maximum atomic E-state index is 12.7. The number of likely N-dealkylation sites (N-methyl/N-ethyl adjacent to an activating group) is 1. The molecular weight excluding hydrogens is 675 g/mol. The van der Waals surface area contributed by atoms with E-state index < -0.39 is 6.29 Å². The molecule has 54 heavy (non-hydrogen) atoms. The van der Waals surface area contributed by atoms with Crippen LogP contribution in [-0.4, -0.2) is 35.7 Å². The highest BCUT2D eigenvalue weighted by molar-refractivity contribution is 5.89. The fourth-order valence-electron chi connectivity index (χ4n) is 6.87. The molecule has 1 saturated heterocycles. The van der Waals surface area contributed by atoms with Gasteiger partial charge in [-0.25, -0.2) is 4.79 Å². The number of carbonyl (C=O) groups is 1. The van der Waals surface area contributed by atoms with Crippen molar-refractivity contribution >= 4 is 22.5 Å². The second kappa shape index (κ2) is 17.1. The molecule has 0 aliphatic carbocycles. The van der Waals surface area contributed by atoms with Crippen molar-refractivity contribution in [3.05, 3.63) is 173 Å². The van der Waals surface area contributed by atoms with Crippen LogP contribution in [0.2, 0.25) is 0 Å². The minimum atomic E-state index is -0.586. The Hall–Kier alpha value is -5.51. The fourth-order valence-corrected chi connectivity index (χ4v) is 6.87. The largest absolute Gasteiger partial charge is 0.457 e. The van der Waals surface area contributed by atoms with E-state index in [1.165, 1.54) is 16.3 Å². The summed E-state index contributed by atoms with van der Waals surface area (Å²) in [7, 11) is 2.15. The number of aliphatic hydroxyl groups is 1. The van der Waals surface area contributed by atoms with Gasteiger partial charge in [0.2, 0.25) is 0 Å². The molecule has 8 nitrogen and oxygen atoms in total. The third-order valence-corrected chi connectivity index (χ3v) is 10.3. The number of nitrogens with one attached hydrogen (secondary N) is 2. The number of anilines is 1. The quantitative estimate of drug-likeness (QED) is 0.117. The van der Waals surface area contributed by atoms with Crippen molar-refractivity contribution in [2.24, 2.45) is 5.92 Å². The van der Waals surface area contributed by atoms with Gasteiger partial charge in [-0.2, -0.15) is 0 Å². The Morgan fingerprint density at radius 1 is 0.759 bits per heavy atom. The van der Waals surface area contributed by atoms with Gasteiger partial charge in [0, 0.05) is 36.3 Å². The van der Waals surface area contributed by atoms with E-state index >= 15 is 0 Å². The summed E-state index contributed by atoms with van der Waals surface area (Å²) < 4.78 is 19.3. The summed E-state index contributed by atoms with van der Waals surface area (Å²) in [6, 6.07) is 47.8. The average molecular weight is 722 g/mol. The van der Waals surface area contributed by atoms with Crippen LogP contribution >= 0.6 is 0 Å². The maximum Gasteiger partial charge on any atom is 0.319 e. The highest BCUT2D eigenvalue weighted by atomic mass is 16.7. The molecule has 1 aliphatic heterocycles. The second-order valence-corrected chi connectivity index (χ2v) is 14.0. The van der Waals surface area contributed by atoms with Gasteiger partial charge in [0.05, 0.1) is 18.8 Å². The molecule has 1 heterocycles. The second-order valence-electron chi connectivity index (χ2n) is 14.0. The molecule has 6 aromatic carbocycles. The van der Waals surface area contributed by atoms with E-state index in [9.17, 15) is 9.90 Å². The van der Waals surface area contributed by atoms with E-state index in [2.05, 4.69) is 78.9 Å². The molecule has 7 rings (SSSR count). The molecule has 0 aromatic heterocycles. The van der Waals surface area contributed by atoms with Crippen LogP contribution in [0.25, 0.3) is 10.8 Å². The lowest BCUT2D eigenvalue weighted by atomic mass is 9.89. The first kappa shape index (κ1) is 36.8. The van der Waals surface area contributed by atoms with Gasteiger partial charge in [0.15, 0.2) is 6.29 Å². The van der Waals surface area contributed by atoms with E-state index in [1.807, 2.05) is 91.0 Å². The van der Waals surface area contributed by atoms with Crippen LogP contribution in [0.4, 0.5) is 10.5 Å². The van der Waals surface area contributed by atoms with Crippen molar-refractivity contribution in [2.75, 3.05) is 18.9 Å². The SMILES string of the molecule is C[C@H]1[C@@H](CN(C)[C@H](C)c2ccc3ccccc3c2)O[C@@H](c2ccc(CNC(=O)Nc3ccc(Oc4ccccc4)cc3)cc2)O[C@H]1c1ccc(CO)cc1. The van der Waals surface area contributed by atoms with E-state index in [-0.39, 0.29) is 36.8 Å². The summed E-state index contributed by atoms with van der Waals surface area (Å²) in [6.45, 7) is 5.48. The summed E-state index contributed by atoms with van der Waals surface area (Å²) in [5.41, 5.74) is 5.68. The topological polar surface area (TPSA) is 92.3 Å². The monoisotopic (exact) mass is 721 g/mol. The number of amides is 2. The molecule has 2 amide bonds. The first-order valence-electron chi connectivity index (χ1n) is 18.5. The van der Waals surface area contributed by atoms with Crippen LogP contribution in [-0.2, 0) is 22.6 Å². The smallest absolute Gasteiger partial charge is 0.319 e. The number of rotatable bonds is 12. The van der Waals surface area contributed by atoms with E-state index in [1.54, 1.807) is 12.1 Å². The number of ether oxygens (including phenoxy) is 3. The number of hydrogen-bond acceptors (Lipinski definition) is 6. The number of hydrogen-bond donors (Lipinski definition) is 3. The molecule has 0 spiro atoms. The number of urea groups is 1. The van der Waals surface area contributed by atoms with Crippen LogP contribution in [0.5, 0.6) is 11.5 Å². The number of nitrogens with zero attached hydrogens (tertiary/aromatic N) is 1. The van der Waals surface area contributed by atoms with E-state index in [0.717, 1.165) is 28.0 Å². The van der Waals surface area contributed by atoms with Gasteiger partial charge in [-0.15, -0.1) is 0 Å². The lowest BCUT2D eigenvalue weighted by molar-refractivity contribution is -0.276. The van der Waals surface area contributed by atoms with Gasteiger partial charge >= 0.3 is 6.03 Å². The lowest BCUT2D eigenvalue weighted by Gasteiger charge is -2.43. The van der Waals surface area contributed by atoms with Crippen molar-refractivity contribution in [3.63, 3.8) is 0 Å². The molecule has 0 saturated carbocycles. The number of benzene rings is 6. The van der Waals surface area contributed by atoms with Gasteiger partial charge in [-0.1, -0.05) is 110 Å². The molecular formula is C46H47N3O5. The highest BCUT2D eigenvalue weighted by Gasteiger charge is 2.39. The molecule has 3 N–H and O–H groups in total. The highest BCUT2D eigenvalue weighted by Crippen LogP contribution is 2.42. The van der Waals surface area contributed by atoms with Crippen molar-refractivity contribution in [1.29, 1.82) is 0 Å². The Kier molecular flexibility index (Phi) is 11.7. The molecule has 6 aromatic rings. The molecule has 5 atom stereocenters. The molecule has 0 radical (unpaired) electrons. The zero-order chi connectivity index (χ0) is 37.4. The van der Waals surface area contributed by atoms with Gasteiger partial charge < -0.3 is 30.0 Å². The third-order valence-electron chi connectivity index (χ3n) is 10.3. The summed E-state index contributed by atoms with van der Waals surface area (Å²) in [4.78, 5) is 15.1. The van der Waals surface area contributed by atoms with Gasteiger partial charge in [-0.05, 0) is 89.5 Å². The van der Waals surface area contributed by atoms with Crippen LogP contribution in [0.3, 0.4) is 0 Å². The Morgan fingerprint density at radius 3 is 2.13 bits per heavy atom. The van der Waals surface area contributed by atoms with Crippen LogP contribution in [0.15, 0.2) is 146 Å². The first-order chi connectivity index (χ1) is 26.3. The predicted molar refractivity (Wildman–Crippen MR) is 213 cm³/mol. The molecule has 8 heteroatoms. The number of aliphatic hydroxyl groups excluding tert-OH is 1. The fraction of sp³-hybridized carbons (Fsp3) is 0.239. The molecule has 0 unspecified atom stereocenters. The minimum absolute atomic E-state index is 0.00620. The van der Waals surface area contributed by atoms with Crippen molar-refractivity contribution < 1.29 is 24.1 Å². The lowest BCUT2D eigenvalue weighted by Crippen LogP contribution is -2.44. The maximum absolute atomic E-state index is 12.7. The van der Waals surface area contributed by atoms with E-state index in [4.69, 9.17) is 14.2 Å². The van der Waals surface area contributed by atoms with Crippen LogP contribution in [0, 0.1) is 5.92 Å². The van der Waals surface area contributed by atoms with Crippen molar-refractivity contribution in [1.82, 2.24) is 10.2 Å². The number of carbonyl (C=O) groups excluding carboxylic acids is 1. The average Bonchev–Trinajstić information content (AvgIpc) is 3.21. The molecule has 0 bridgehead atoms. The minimum Gasteiger partial charge on any atom is -0.457 e. The van der Waals surface area contributed by atoms with Crippen LogP contribution in [0.1, 0.15) is 60.1 Å². The van der Waals surface area contributed by atoms with Gasteiger partial charge in [0.25, 0.3) is 0 Å². The Morgan fingerprint density at radius 2 is 1.41 bits per heavy atom. The Labute approximate surface area is 317 Å². The van der Waals surface area contributed by atoms with E-state index in [0.29, 0.717) is 24.5 Å². The van der Waals surface area contributed by atoms with Crippen LogP contribution < -0.4 is 15.4 Å². The number of fused-ring (bicyclic) bond motifs is 1. The molecule has 1 aliphatic rings. The Balaban J connectivity index is 0.998. The zero-order valence-corrected chi connectivity index (χ0v) is 30.9. The normalized spacial score (nSPS) is 19.0. The standard InChI is InChI=1S/C46H47N3O5/c1-31-43(29-49(3)32(2)38-22-21-35-9-7-8-10-39(35)27-38)53-45(54-44(31)36-17-15-34(30-50)16-18-36)37-19-13-33(14-20-37)28-47-46(51)48-40-23-25-42(26-24-40)52-41-11-5-4-6-12-41/h4-27,31-32,43-45,50H,28-30H2,1-3H3,(H2,47,48,51)/t31-,32+,43+,44+,45+/m0/s1. The summed E-state index contributed by atoms with van der Waals surface area (Å²) in [5.74, 6) is 1.50. The summed E-state index contributed by atoms with van der Waals surface area (Å²) >= 11 is 0. The molecule has 1 fully saturated rings. The summed E-state index contributed by atoms with van der Waals surface area (Å²) in [5, 5.41) is 17.9. The first-order valence-corrected chi connectivity index (χ1v) is 18.5. The zero-order valence-electron chi connectivity index (χ0n) is 30.9. The predicted octanol–water partition coefficient (Wildman–Crippen LogP) is 9.93. The molecule has 276 valence electrons. The van der Waals surface area contributed by atoms with Gasteiger partial charge in [0.1, 0.15) is 11.5 Å². The van der Waals surface area contributed by atoms with Crippen molar-refractivity contribution in [2.45, 2.75) is 51.5 Å². The third kappa shape index (κ3) is 8.98. The summed E-state index contributed by atoms with van der Waals surface area (Å²) in [6.07, 6.45) is -0.921. The van der Waals surface area contributed by atoms with Gasteiger partial charge in [-0.3, -0.25) is 4.90 Å². The number of para-hydroxylation sites is 1. The Bertz CT molecular complexity index is 2120. The van der Waals surface area contributed by atoms with Crippen molar-refractivity contribution in [3.8, 4) is 11.5 Å².